The summed E-state index contributed by atoms with van der Waals surface area (Å²) in [4.78, 5) is 28.0. The molecule has 1 aromatic rings. The Balaban J connectivity index is 1.55. The number of aromatic nitrogens is 2. The van der Waals surface area contributed by atoms with Gasteiger partial charge < -0.3 is 15.1 Å². The van der Waals surface area contributed by atoms with E-state index in [-0.39, 0.29) is 23.8 Å². The zero-order valence-corrected chi connectivity index (χ0v) is 15.4. The van der Waals surface area contributed by atoms with Crippen LogP contribution in [-0.2, 0) is 24.4 Å². The van der Waals surface area contributed by atoms with E-state index in [1.54, 1.807) is 4.90 Å². The number of piperidine rings is 1. The van der Waals surface area contributed by atoms with Crippen LogP contribution >= 0.6 is 0 Å². The Labute approximate surface area is 153 Å². The average molecular weight is 358 g/mol. The molecule has 140 valence electrons. The van der Waals surface area contributed by atoms with Crippen LogP contribution in [0.1, 0.15) is 38.1 Å². The Morgan fingerprint density at radius 3 is 2.88 bits per heavy atom. The third-order valence-electron chi connectivity index (χ3n) is 4.97. The van der Waals surface area contributed by atoms with Crippen molar-refractivity contribution in [2.24, 2.45) is 11.8 Å². The van der Waals surface area contributed by atoms with Gasteiger partial charge in [0.05, 0.1) is 43.0 Å². The van der Waals surface area contributed by atoms with Crippen molar-refractivity contribution in [1.29, 1.82) is 5.26 Å². The summed E-state index contributed by atoms with van der Waals surface area (Å²) >= 11 is 0. The van der Waals surface area contributed by atoms with Gasteiger partial charge in [0, 0.05) is 25.6 Å². The first-order valence-electron chi connectivity index (χ1n) is 9.24. The number of fused-ring (bicyclic) bond motifs is 1. The first-order chi connectivity index (χ1) is 12.5. The average Bonchev–Trinajstić information content (AvgIpc) is 3.07. The van der Waals surface area contributed by atoms with Crippen LogP contribution in [0.5, 0.6) is 0 Å². The number of nitrogens with one attached hydrogen (secondary N) is 1. The van der Waals surface area contributed by atoms with Gasteiger partial charge in [-0.3, -0.25) is 9.48 Å². The van der Waals surface area contributed by atoms with Gasteiger partial charge in [0.15, 0.2) is 0 Å². The number of likely N-dealkylation sites (tertiary alicyclic amines) is 1. The van der Waals surface area contributed by atoms with Gasteiger partial charge in [0.25, 0.3) is 0 Å². The molecule has 0 saturated carbocycles. The molecule has 1 aromatic heterocycles. The molecular weight excluding hydrogens is 332 g/mol. The molecule has 0 aliphatic carbocycles. The fourth-order valence-corrected chi connectivity index (χ4v) is 3.51. The van der Waals surface area contributed by atoms with Gasteiger partial charge in [-0.1, -0.05) is 13.8 Å². The highest BCUT2D eigenvalue weighted by molar-refractivity contribution is 5.78. The highest BCUT2D eigenvalue weighted by Crippen LogP contribution is 2.17. The standard InChI is InChI=1S/C18H26N6O2/c1-13(2)17(25)22-6-7-24-16(12-22)8-15(21-24)10-20-18(26)23-5-3-4-14(9-19)11-23/h8,13-14H,3-7,10-12H2,1-2H3,(H,20,26)/t14-/m0/s1. The summed E-state index contributed by atoms with van der Waals surface area (Å²) < 4.78 is 1.91. The predicted molar refractivity (Wildman–Crippen MR) is 94.6 cm³/mol. The number of hydrogen-bond donors (Lipinski definition) is 1. The molecule has 1 N–H and O–H groups in total. The maximum atomic E-state index is 12.3. The van der Waals surface area contributed by atoms with Crippen molar-refractivity contribution in [2.75, 3.05) is 19.6 Å². The number of carbonyl (C=O) groups excluding carboxylic acids is 2. The van der Waals surface area contributed by atoms with E-state index in [9.17, 15) is 9.59 Å². The molecular formula is C18H26N6O2. The van der Waals surface area contributed by atoms with Crippen LogP contribution < -0.4 is 5.32 Å². The fraction of sp³-hybridized carbons (Fsp3) is 0.667. The molecule has 0 bridgehead atoms. The normalized spacial score (nSPS) is 19.8. The lowest BCUT2D eigenvalue weighted by Gasteiger charge is -2.29. The number of rotatable bonds is 3. The number of nitrogens with zero attached hydrogens (tertiary/aromatic N) is 5. The van der Waals surface area contributed by atoms with E-state index in [0.29, 0.717) is 39.3 Å². The van der Waals surface area contributed by atoms with Crippen LogP contribution in [-0.4, -0.2) is 51.2 Å². The first kappa shape index (κ1) is 18.2. The monoisotopic (exact) mass is 358 g/mol. The van der Waals surface area contributed by atoms with Crippen molar-refractivity contribution in [1.82, 2.24) is 24.9 Å². The fourth-order valence-electron chi connectivity index (χ4n) is 3.51. The smallest absolute Gasteiger partial charge is 0.317 e. The second-order valence-corrected chi connectivity index (χ2v) is 7.34. The van der Waals surface area contributed by atoms with Crippen molar-refractivity contribution < 1.29 is 9.59 Å². The van der Waals surface area contributed by atoms with Gasteiger partial charge in [-0.2, -0.15) is 10.4 Å². The number of urea groups is 1. The van der Waals surface area contributed by atoms with Gasteiger partial charge in [-0.05, 0) is 18.9 Å². The molecule has 3 amide bonds. The van der Waals surface area contributed by atoms with Crippen molar-refractivity contribution >= 4 is 11.9 Å². The molecule has 0 radical (unpaired) electrons. The van der Waals surface area contributed by atoms with Crippen LogP contribution in [0.4, 0.5) is 4.79 Å². The maximum absolute atomic E-state index is 12.3. The molecule has 1 atom stereocenters. The van der Waals surface area contributed by atoms with Crippen molar-refractivity contribution in [3.8, 4) is 6.07 Å². The molecule has 0 spiro atoms. The third kappa shape index (κ3) is 3.98. The van der Waals surface area contributed by atoms with E-state index >= 15 is 0 Å². The second-order valence-electron chi connectivity index (χ2n) is 7.34. The van der Waals surface area contributed by atoms with Crippen LogP contribution in [0.2, 0.25) is 0 Å². The number of hydrogen-bond acceptors (Lipinski definition) is 4. The van der Waals surface area contributed by atoms with Crippen molar-refractivity contribution in [3.63, 3.8) is 0 Å². The Morgan fingerprint density at radius 2 is 2.15 bits per heavy atom. The van der Waals surface area contributed by atoms with E-state index in [1.165, 1.54) is 0 Å². The molecule has 0 unspecified atom stereocenters. The molecule has 1 saturated heterocycles. The molecule has 0 aromatic carbocycles. The lowest BCUT2D eigenvalue weighted by molar-refractivity contribution is -0.136. The topological polar surface area (TPSA) is 94.3 Å². The lowest BCUT2D eigenvalue weighted by atomic mass is 10.0. The minimum Gasteiger partial charge on any atom is -0.335 e. The highest BCUT2D eigenvalue weighted by atomic mass is 16.2. The summed E-state index contributed by atoms with van der Waals surface area (Å²) in [5.41, 5.74) is 1.79. The first-order valence-corrected chi connectivity index (χ1v) is 9.24. The predicted octanol–water partition coefficient (Wildman–Crippen LogP) is 1.33. The largest absolute Gasteiger partial charge is 0.335 e. The molecule has 3 heterocycles. The second kappa shape index (κ2) is 7.77. The molecule has 1 fully saturated rings. The van der Waals surface area contributed by atoms with Crippen molar-refractivity contribution in [3.05, 3.63) is 17.5 Å². The maximum Gasteiger partial charge on any atom is 0.317 e. The number of carbonyl (C=O) groups is 2. The molecule has 8 heteroatoms. The summed E-state index contributed by atoms with van der Waals surface area (Å²) in [5.74, 6) is 0.0772. The summed E-state index contributed by atoms with van der Waals surface area (Å²) in [6, 6.07) is 4.05. The highest BCUT2D eigenvalue weighted by Gasteiger charge is 2.25. The summed E-state index contributed by atoms with van der Waals surface area (Å²) in [6.07, 6.45) is 1.73. The third-order valence-corrected chi connectivity index (χ3v) is 4.97. The summed E-state index contributed by atoms with van der Waals surface area (Å²) in [6.45, 7) is 7.26. The molecule has 8 nitrogen and oxygen atoms in total. The zero-order valence-electron chi connectivity index (χ0n) is 15.4. The van der Waals surface area contributed by atoms with Crippen LogP contribution in [0.25, 0.3) is 0 Å². The molecule has 26 heavy (non-hydrogen) atoms. The van der Waals surface area contributed by atoms with E-state index < -0.39 is 0 Å². The van der Waals surface area contributed by atoms with Gasteiger partial charge in [-0.25, -0.2) is 4.79 Å². The quantitative estimate of drug-likeness (QED) is 0.882. The summed E-state index contributed by atoms with van der Waals surface area (Å²) in [7, 11) is 0. The number of amides is 3. The minimum atomic E-state index is -0.146. The van der Waals surface area contributed by atoms with Gasteiger partial charge in [0.2, 0.25) is 5.91 Å². The Hall–Kier alpha value is -2.56. The molecule has 2 aliphatic rings. The van der Waals surface area contributed by atoms with E-state index in [0.717, 1.165) is 24.2 Å². The van der Waals surface area contributed by atoms with Gasteiger partial charge in [-0.15, -0.1) is 0 Å². The van der Waals surface area contributed by atoms with Crippen LogP contribution in [0.3, 0.4) is 0 Å². The SMILES string of the molecule is CC(C)C(=O)N1CCn2nc(CNC(=O)N3CCC[C@@H](C#N)C3)cc2C1. The molecule has 3 rings (SSSR count). The van der Waals surface area contributed by atoms with Crippen LogP contribution in [0, 0.1) is 23.2 Å². The Bertz CT molecular complexity index is 720. The van der Waals surface area contributed by atoms with Crippen LogP contribution in [0.15, 0.2) is 6.07 Å². The lowest BCUT2D eigenvalue weighted by Crippen LogP contribution is -2.45. The van der Waals surface area contributed by atoms with Crippen molar-refractivity contribution in [2.45, 2.75) is 46.3 Å². The minimum absolute atomic E-state index is 0.00925. The summed E-state index contributed by atoms with van der Waals surface area (Å²) in [5, 5.41) is 16.5. The van der Waals surface area contributed by atoms with Gasteiger partial charge >= 0.3 is 6.03 Å². The van der Waals surface area contributed by atoms with E-state index in [1.807, 2.05) is 29.5 Å². The van der Waals surface area contributed by atoms with E-state index in [2.05, 4.69) is 16.5 Å². The zero-order chi connectivity index (χ0) is 18.7. The molecule has 2 aliphatic heterocycles. The van der Waals surface area contributed by atoms with Gasteiger partial charge in [0.1, 0.15) is 0 Å². The Kier molecular flexibility index (Phi) is 5.45. The Morgan fingerprint density at radius 1 is 1.35 bits per heavy atom. The van der Waals surface area contributed by atoms with E-state index in [4.69, 9.17) is 5.26 Å². The number of nitriles is 1.